The Kier molecular flexibility index (Phi) is 1.99. The fraction of sp³-hybridized carbons (Fsp3) is 0.500. The minimum atomic E-state index is -1.44. The van der Waals surface area contributed by atoms with Gasteiger partial charge in [-0.15, -0.1) is 0 Å². The number of hydrogen-bond acceptors (Lipinski definition) is 1. The van der Waals surface area contributed by atoms with E-state index in [1.807, 2.05) is 0 Å². The minimum Gasteiger partial charge on any atom is -0.475 e. The minimum absolute atomic E-state index is 1.16. The van der Waals surface area contributed by atoms with E-state index in [0.717, 1.165) is 0 Å². The van der Waals surface area contributed by atoms with Crippen molar-refractivity contribution < 1.29 is 9.90 Å². The number of rotatable bonds is 1. The van der Waals surface area contributed by atoms with Gasteiger partial charge >= 0.3 is 10.4 Å². The number of aliphatic carboxylic acids is 1. The lowest BCUT2D eigenvalue weighted by Gasteiger charge is -1.98. The molecular formula is C4H4BrNO2. The van der Waals surface area contributed by atoms with E-state index < -0.39 is 10.4 Å². The number of alkyl halides is 1. The highest BCUT2D eigenvalue weighted by Gasteiger charge is 2.35. The molecule has 0 heterocycles. The number of halogens is 1. The second-order valence-electron chi connectivity index (χ2n) is 1.37. The molecule has 0 aliphatic rings. The zero-order chi connectivity index (χ0) is 6.78. The van der Waals surface area contributed by atoms with Crippen molar-refractivity contribution in [1.29, 1.82) is 0 Å². The topological polar surface area (TPSA) is 41.7 Å². The molecule has 0 amide bonds. The lowest BCUT2D eigenvalue weighted by molar-refractivity contribution is -0.137. The summed E-state index contributed by atoms with van der Waals surface area (Å²) in [5, 5.41) is 8.18. The molecule has 0 fully saturated rings. The monoisotopic (exact) mass is 177 g/mol. The van der Waals surface area contributed by atoms with Crippen LogP contribution in [-0.4, -0.2) is 15.5 Å². The average Bonchev–Trinajstić information content (AvgIpc) is 1.67. The first-order valence-corrected chi connectivity index (χ1v) is 2.61. The van der Waals surface area contributed by atoms with Crippen molar-refractivity contribution in [2.75, 3.05) is 0 Å². The molecule has 1 atom stereocenters. The molecule has 0 aliphatic carbocycles. The van der Waals surface area contributed by atoms with Gasteiger partial charge in [-0.1, -0.05) is 0 Å². The molecule has 0 bridgehead atoms. The van der Waals surface area contributed by atoms with Crippen molar-refractivity contribution in [3.05, 3.63) is 11.4 Å². The zero-order valence-corrected chi connectivity index (χ0v) is 5.77. The third-order valence-electron chi connectivity index (χ3n) is 0.600. The molecule has 0 aliphatic heterocycles. The SMILES string of the molecule is [C-]#[N+]C(C)(Br)C(=O)O. The van der Waals surface area contributed by atoms with Crippen LogP contribution in [0.4, 0.5) is 0 Å². The number of carboxylic acid groups (broad SMARTS) is 1. The lowest BCUT2D eigenvalue weighted by atomic mass is 10.4. The first-order valence-electron chi connectivity index (χ1n) is 1.81. The molecule has 0 aromatic rings. The Hall–Kier alpha value is -0.560. The molecule has 1 unspecified atom stereocenters. The van der Waals surface area contributed by atoms with E-state index in [0.29, 0.717) is 0 Å². The van der Waals surface area contributed by atoms with Gasteiger partial charge in [0, 0.05) is 22.9 Å². The van der Waals surface area contributed by atoms with Crippen LogP contribution in [-0.2, 0) is 4.79 Å². The van der Waals surface area contributed by atoms with E-state index in [2.05, 4.69) is 20.8 Å². The number of hydrogen-bond donors (Lipinski definition) is 1. The molecular weight excluding hydrogens is 174 g/mol. The number of nitrogens with zero attached hydrogens (tertiary/aromatic N) is 1. The van der Waals surface area contributed by atoms with Crippen LogP contribution in [0, 0.1) is 6.57 Å². The molecule has 0 aromatic carbocycles. The highest BCUT2D eigenvalue weighted by molar-refractivity contribution is 9.10. The quantitative estimate of drug-likeness (QED) is 0.371. The smallest absolute Gasteiger partial charge is 0.402 e. The zero-order valence-electron chi connectivity index (χ0n) is 4.18. The van der Waals surface area contributed by atoms with E-state index >= 15 is 0 Å². The summed E-state index contributed by atoms with van der Waals surface area (Å²) in [6.45, 7) is 7.61. The van der Waals surface area contributed by atoms with Crippen LogP contribution in [0.15, 0.2) is 0 Å². The summed E-state index contributed by atoms with van der Waals surface area (Å²) in [5.74, 6) is -1.16. The van der Waals surface area contributed by atoms with E-state index in [1.54, 1.807) is 0 Å². The Bertz CT molecular complexity index is 147. The fourth-order valence-corrected chi connectivity index (χ4v) is 0.0478. The second-order valence-corrected chi connectivity index (χ2v) is 2.91. The third kappa shape index (κ3) is 1.51. The van der Waals surface area contributed by atoms with E-state index in [4.69, 9.17) is 11.7 Å². The van der Waals surface area contributed by atoms with Crippen LogP contribution in [0.1, 0.15) is 6.92 Å². The van der Waals surface area contributed by atoms with Crippen molar-refractivity contribution in [2.24, 2.45) is 0 Å². The van der Waals surface area contributed by atoms with E-state index in [9.17, 15) is 4.79 Å². The van der Waals surface area contributed by atoms with Crippen LogP contribution >= 0.6 is 15.9 Å². The molecule has 8 heavy (non-hydrogen) atoms. The van der Waals surface area contributed by atoms with Crippen molar-refractivity contribution in [2.45, 2.75) is 11.4 Å². The van der Waals surface area contributed by atoms with Crippen molar-refractivity contribution in [1.82, 2.24) is 0 Å². The van der Waals surface area contributed by atoms with Gasteiger partial charge in [0.1, 0.15) is 0 Å². The van der Waals surface area contributed by atoms with Gasteiger partial charge in [-0.25, -0.2) is 11.4 Å². The Morgan fingerprint density at radius 3 is 2.38 bits per heavy atom. The molecule has 0 aromatic heterocycles. The van der Waals surface area contributed by atoms with Crippen LogP contribution in [0.5, 0.6) is 0 Å². The largest absolute Gasteiger partial charge is 0.475 e. The molecule has 0 saturated heterocycles. The number of carboxylic acids is 1. The van der Waals surface area contributed by atoms with E-state index in [1.165, 1.54) is 6.92 Å². The van der Waals surface area contributed by atoms with Crippen LogP contribution in [0.3, 0.4) is 0 Å². The maximum atomic E-state index is 9.99. The molecule has 44 valence electrons. The summed E-state index contributed by atoms with van der Waals surface area (Å²) in [5.41, 5.74) is 0. The number of carbonyl (C=O) groups is 1. The van der Waals surface area contributed by atoms with Crippen molar-refractivity contribution >= 4 is 21.9 Å². The van der Waals surface area contributed by atoms with Gasteiger partial charge in [0.05, 0.1) is 0 Å². The summed E-state index contributed by atoms with van der Waals surface area (Å²) < 4.78 is -1.44. The normalized spacial score (nSPS) is 16.1. The third-order valence-corrected chi connectivity index (χ3v) is 1.12. The van der Waals surface area contributed by atoms with Gasteiger partial charge in [0.15, 0.2) is 0 Å². The molecule has 4 heteroatoms. The van der Waals surface area contributed by atoms with Crippen molar-refractivity contribution in [3.63, 3.8) is 0 Å². The fourth-order valence-electron chi connectivity index (χ4n) is 0.0478. The second kappa shape index (κ2) is 2.14. The van der Waals surface area contributed by atoms with Crippen LogP contribution < -0.4 is 0 Å². The summed E-state index contributed by atoms with van der Waals surface area (Å²) in [6.07, 6.45) is 0. The standard InChI is InChI=1S/C4H4BrNO2/c1-4(5,6-2)3(7)8/h1H3,(H,7,8). The highest BCUT2D eigenvalue weighted by atomic mass is 79.9. The highest BCUT2D eigenvalue weighted by Crippen LogP contribution is 2.17. The predicted octanol–water partition coefficient (Wildman–Crippen LogP) is 1.10. The molecule has 0 saturated carbocycles. The van der Waals surface area contributed by atoms with Gasteiger partial charge in [-0.05, 0) is 0 Å². The van der Waals surface area contributed by atoms with Gasteiger partial charge in [-0.3, -0.25) is 4.85 Å². The summed E-state index contributed by atoms with van der Waals surface area (Å²) in [4.78, 5) is 12.8. The van der Waals surface area contributed by atoms with E-state index in [-0.39, 0.29) is 0 Å². The molecule has 0 rings (SSSR count). The van der Waals surface area contributed by atoms with Gasteiger partial charge in [0.2, 0.25) is 0 Å². The Morgan fingerprint density at radius 1 is 2.00 bits per heavy atom. The first kappa shape index (κ1) is 7.44. The predicted molar refractivity (Wildman–Crippen MR) is 31.6 cm³/mol. The van der Waals surface area contributed by atoms with Crippen LogP contribution in [0.25, 0.3) is 4.85 Å². The first-order chi connectivity index (χ1) is 3.50. The molecule has 0 radical (unpaired) electrons. The Morgan fingerprint density at radius 2 is 2.38 bits per heavy atom. The maximum absolute atomic E-state index is 9.99. The average molecular weight is 178 g/mol. The summed E-state index contributed by atoms with van der Waals surface area (Å²) >= 11 is 2.69. The summed E-state index contributed by atoms with van der Waals surface area (Å²) in [7, 11) is 0. The van der Waals surface area contributed by atoms with Crippen LogP contribution in [0.2, 0.25) is 0 Å². The molecule has 1 N–H and O–H groups in total. The molecule has 3 nitrogen and oxygen atoms in total. The Labute approximate surface area is 55.3 Å². The molecule has 0 spiro atoms. The van der Waals surface area contributed by atoms with Gasteiger partial charge < -0.3 is 5.11 Å². The van der Waals surface area contributed by atoms with Gasteiger partial charge in [-0.2, -0.15) is 0 Å². The van der Waals surface area contributed by atoms with Gasteiger partial charge in [0.25, 0.3) is 0 Å². The maximum Gasteiger partial charge on any atom is 0.402 e. The Balaban J connectivity index is 4.19. The lowest BCUT2D eigenvalue weighted by Crippen LogP contribution is -2.22. The van der Waals surface area contributed by atoms with Crippen molar-refractivity contribution in [3.8, 4) is 0 Å². The summed E-state index contributed by atoms with van der Waals surface area (Å²) in [6, 6.07) is 0.